The molecule has 0 atom stereocenters. The Morgan fingerprint density at radius 2 is 2.03 bits per heavy atom. The van der Waals surface area contributed by atoms with Crippen LogP contribution in [-0.2, 0) is 28.7 Å². The van der Waals surface area contributed by atoms with Gasteiger partial charge in [-0.2, -0.15) is 13.2 Å². The lowest BCUT2D eigenvalue weighted by molar-refractivity contribution is -0.144. The number of fused-ring (bicyclic) bond motifs is 2. The van der Waals surface area contributed by atoms with Crippen LogP contribution in [0.5, 0.6) is 0 Å². The van der Waals surface area contributed by atoms with E-state index in [0.29, 0.717) is 11.4 Å². The average molecular weight is 450 g/mol. The first-order valence-corrected chi connectivity index (χ1v) is 10.0. The Labute approximate surface area is 180 Å². The van der Waals surface area contributed by atoms with E-state index >= 15 is 0 Å². The van der Waals surface area contributed by atoms with Crippen LogP contribution in [0.4, 0.5) is 13.2 Å². The van der Waals surface area contributed by atoms with Gasteiger partial charge in [0.1, 0.15) is 6.61 Å². The number of carbonyl (C=O) groups is 1. The fourth-order valence-electron chi connectivity index (χ4n) is 3.56. The van der Waals surface area contributed by atoms with E-state index in [0.717, 1.165) is 28.7 Å². The smallest absolute Gasteiger partial charge is 0.417 e. The van der Waals surface area contributed by atoms with Crippen LogP contribution < -0.4 is 0 Å². The Hall–Kier alpha value is -3.00. The number of hydrogen-bond acceptors (Lipinski definition) is 3. The van der Waals surface area contributed by atoms with E-state index in [2.05, 4.69) is 9.97 Å². The maximum absolute atomic E-state index is 13.3. The van der Waals surface area contributed by atoms with Gasteiger partial charge < -0.3 is 9.72 Å². The van der Waals surface area contributed by atoms with Gasteiger partial charge >= 0.3 is 12.1 Å². The number of esters is 1. The Morgan fingerprint density at radius 1 is 1.29 bits per heavy atom. The highest BCUT2D eigenvalue weighted by Crippen LogP contribution is 2.34. The summed E-state index contributed by atoms with van der Waals surface area (Å²) in [5, 5.41) is 0.798. The Bertz CT molecular complexity index is 1270. The van der Waals surface area contributed by atoms with Gasteiger partial charge in [0.25, 0.3) is 0 Å². The van der Waals surface area contributed by atoms with Gasteiger partial charge in [0.05, 0.1) is 28.4 Å². The molecule has 0 unspecified atom stereocenters. The molecule has 0 aliphatic heterocycles. The van der Waals surface area contributed by atoms with Crippen molar-refractivity contribution in [3.8, 4) is 0 Å². The van der Waals surface area contributed by atoms with Crippen LogP contribution in [0.3, 0.4) is 0 Å². The number of alkyl halides is 3. The molecule has 3 heterocycles. The summed E-state index contributed by atoms with van der Waals surface area (Å²) in [5.41, 5.74) is 1.88. The maximum atomic E-state index is 13.3. The fourth-order valence-corrected chi connectivity index (χ4v) is 3.81. The summed E-state index contributed by atoms with van der Waals surface area (Å²) >= 11 is 6.08. The number of aromatic amines is 1. The van der Waals surface area contributed by atoms with Gasteiger partial charge in [0.2, 0.25) is 0 Å². The number of imidazole rings is 1. The Morgan fingerprint density at radius 3 is 2.74 bits per heavy atom. The zero-order valence-electron chi connectivity index (χ0n) is 16.8. The zero-order chi connectivity index (χ0) is 22.3. The molecule has 0 saturated carbocycles. The summed E-state index contributed by atoms with van der Waals surface area (Å²) in [7, 11) is 0. The minimum Gasteiger partial charge on any atom is -0.459 e. The van der Waals surface area contributed by atoms with Crippen molar-refractivity contribution in [3.63, 3.8) is 0 Å². The minimum atomic E-state index is -4.57. The number of nitrogens with zero attached hydrogens (tertiary/aromatic N) is 2. The quantitative estimate of drug-likeness (QED) is 0.386. The predicted molar refractivity (Wildman–Crippen MR) is 111 cm³/mol. The molecule has 162 valence electrons. The van der Waals surface area contributed by atoms with Gasteiger partial charge in [-0.15, -0.1) is 0 Å². The molecular formula is C22H19ClF3N3O2. The molecule has 0 saturated heterocycles. The van der Waals surface area contributed by atoms with Crippen LogP contribution in [0, 0.1) is 0 Å². The van der Waals surface area contributed by atoms with Crippen molar-refractivity contribution in [2.24, 2.45) is 0 Å². The van der Waals surface area contributed by atoms with Crippen LogP contribution in [0.2, 0.25) is 5.02 Å². The number of H-pyrrole nitrogens is 1. The first-order chi connectivity index (χ1) is 14.6. The van der Waals surface area contributed by atoms with Crippen molar-refractivity contribution < 1.29 is 22.7 Å². The summed E-state index contributed by atoms with van der Waals surface area (Å²) in [4.78, 5) is 20.0. The van der Waals surface area contributed by atoms with Gasteiger partial charge in [0, 0.05) is 23.3 Å². The summed E-state index contributed by atoms with van der Waals surface area (Å²) in [6, 6.07) is 8.41. The highest BCUT2D eigenvalue weighted by molar-refractivity contribution is 6.33. The molecule has 4 rings (SSSR count). The number of ether oxygens (including phenoxy) is 1. The molecule has 0 radical (unpaired) electrons. The molecular weight excluding hydrogens is 431 g/mol. The molecule has 0 fully saturated rings. The number of pyridine rings is 1. The third-order valence-electron chi connectivity index (χ3n) is 5.06. The average Bonchev–Trinajstić information content (AvgIpc) is 3.28. The standard InChI is InChI=1S/C22H19ClF3N3O2/c1-12(2)20-18(29-10-14(22(24,25)26)8-16(23)21(29)28-20)11-31-19(30)7-13-9-27-17-6-4-3-5-15(13)17/h3-6,8-10,12,27H,7,11H2,1-2H3. The highest BCUT2D eigenvalue weighted by atomic mass is 35.5. The second-order valence-electron chi connectivity index (χ2n) is 7.56. The monoisotopic (exact) mass is 449 g/mol. The van der Waals surface area contributed by atoms with Gasteiger partial charge in [-0.25, -0.2) is 4.98 Å². The van der Waals surface area contributed by atoms with Crippen molar-refractivity contribution in [2.45, 2.75) is 39.0 Å². The number of hydrogen-bond donors (Lipinski definition) is 1. The molecule has 3 aromatic heterocycles. The van der Waals surface area contributed by atoms with E-state index in [1.807, 2.05) is 38.1 Å². The third-order valence-corrected chi connectivity index (χ3v) is 5.34. The third kappa shape index (κ3) is 4.12. The van der Waals surface area contributed by atoms with Gasteiger partial charge in [-0.1, -0.05) is 43.6 Å². The number of aromatic nitrogens is 3. The SMILES string of the molecule is CC(C)c1nc2c(Cl)cc(C(F)(F)F)cn2c1COC(=O)Cc1c[nH]c2ccccc12. The minimum absolute atomic E-state index is 0.0340. The largest absolute Gasteiger partial charge is 0.459 e. The Kier molecular flexibility index (Phi) is 5.43. The summed E-state index contributed by atoms with van der Waals surface area (Å²) in [6.07, 6.45) is -1.85. The van der Waals surface area contributed by atoms with Crippen molar-refractivity contribution in [1.29, 1.82) is 0 Å². The van der Waals surface area contributed by atoms with E-state index in [9.17, 15) is 18.0 Å². The van der Waals surface area contributed by atoms with E-state index in [-0.39, 0.29) is 29.6 Å². The molecule has 9 heteroatoms. The fraction of sp³-hybridized carbons (Fsp3) is 0.273. The van der Waals surface area contributed by atoms with Gasteiger partial charge in [-0.3, -0.25) is 9.20 Å². The number of para-hydroxylation sites is 1. The number of benzene rings is 1. The molecule has 0 aliphatic carbocycles. The number of carbonyl (C=O) groups excluding carboxylic acids is 1. The zero-order valence-corrected chi connectivity index (χ0v) is 17.5. The first-order valence-electron chi connectivity index (χ1n) is 9.63. The lowest BCUT2D eigenvalue weighted by atomic mass is 10.1. The molecule has 0 amide bonds. The molecule has 0 spiro atoms. The van der Waals surface area contributed by atoms with Crippen LogP contribution in [-0.4, -0.2) is 20.3 Å². The maximum Gasteiger partial charge on any atom is 0.417 e. The molecule has 0 aliphatic rings. The highest BCUT2D eigenvalue weighted by Gasteiger charge is 2.32. The van der Waals surface area contributed by atoms with Crippen LogP contribution in [0.25, 0.3) is 16.6 Å². The van der Waals surface area contributed by atoms with Gasteiger partial charge in [0.15, 0.2) is 5.65 Å². The summed E-state index contributed by atoms with van der Waals surface area (Å²) < 4.78 is 46.5. The van der Waals surface area contributed by atoms with E-state index in [4.69, 9.17) is 16.3 Å². The molecule has 1 aromatic carbocycles. The van der Waals surface area contributed by atoms with Crippen molar-refractivity contribution >= 4 is 34.1 Å². The second kappa shape index (κ2) is 7.92. The van der Waals surface area contributed by atoms with E-state index in [1.54, 1.807) is 6.20 Å². The lowest BCUT2D eigenvalue weighted by Crippen LogP contribution is -2.11. The molecule has 4 aromatic rings. The lowest BCUT2D eigenvalue weighted by Gasteiger charge is -2.11. The Balaban J connectivity index is 1.63. The number of nitrogens with one attached hydrogen (secondary N) is 1. The topological polar surface area (TPSA) is 59.4 Å². The molecule has 31 heavy (non-hydrogen) atoms. The first kappa shape index (κ1) is 21.2. The molecule has 1 N–H and O–H groups in total. The van der Waals surface area contributed by atoms with Crippen molar-refractivity contribution in [3.05, 3.63) is 70.3 Å². The second-order valence-corrected chi connectivity index (χ2v) is 7.97. The van der Waals surface area contributed by atoms with Gasteiger partial charge in [-0.05, 0) is 23.6 Å². The normalized spacial score (nSPS) is 12.2. The molecule has 0 bridgehead atoms. The number of rotatable bonds is 5. The molecule has 5 nitrogen and oxygen atoms in total. The van der Waals surface area contributed by atoms with Crippen molar-refractivity contribution in [2.75, 3.05) is 0 Å². The van der Waals surface area contributed by atoms with Crippen LogP contribution >= 0.6 is 11.6 Å². The summed E-state index contributed by atoms with van der Waals surface area (Å²) in [5.74, 6) is -0.597. The summed E-state index contributed by atoms with van der Waals surface area (Å²) in [6.45, 7) is 3.50. The predicted octanol–water partition coefficient (Wildman–Crippen LogP) is 5.90. The number of halogens is 4. The van der Waals surface area contributed by atoms with E-state index < -0.39 is 17.7 Å². The van der Waals surface area contributed by atoms with E-state index in [1.165, 1.54) is 4.40 Å². The van der Waals surface area contributed by atoms with Crippen molar-refractivity contribution in [1.82, 2.24) is 14.4 Å². The van der Waals surface area contributed by atoms with Crippen LogP contribution in [0.15, 0.2) is 42.7 Å². The van der Waals surface area contributed by atoms with Crippen LogP contribution in [0.1, 0.15) is 42.3 Å².